The number of hydrogen-bond donors (Lipinski definition) is 2. The smallest absolute Gasteiger partial charge is 0.458 e. The summed E-state index contributed by atoms with van der Waals surface area (Å²) in [7, 11) is 2.01. The molecule has 2 aliphatic heterocycles. The molecule has 0 aromatic rings. The van der Waals surface area contributed by atoms with E-state index < -0.39 is 11.8 Å². The summed E-state index contributed by atoms with van der Waals surface area (Å²) >= 11 is 0. The molecule has 0 bridgehead atoms. The summed E-state index contributed by atoms with van der Waals surface area (Å²) in [5, 5.41) is 9.07. The Balaban J connectivity index is 1.96. The Bertz CT molecular complexity index is 239. The van der Waals surface area contributed by atoms with Gasteiger partial charge in [-0.1, -0.05) is 0 Å². The highest BCUT2D eigenvalue weighted by Crippen LogP contribution is 2.28. The average molecular weight is 203 g/mol. The van der Waals surface area contributed by atoms with Gasteiger partial charge >= 0.3 is 6.09 Å². The lowest BCUT2D eigenvalue weighted by atomic mass is 10.0. The summed E-state index contributed by atoms with van der Waals surface area (Å²) in [5.74, 6) is 0. The number of piperidine rings is 1. The second-order valence-corrected chi connectivity index (χ2v) is 3.62. The van der Waals surface area contributed by atoms with Crippen LogP contribution in [0.3, 0.4) is 0 Å². The first kappa shape index (κ1) is 9.66. The molecule has 80 valence electrons. The number of carboxylic acid groups (broad SMARTS) is 1. The van der Waals surface area contributed by atoms with Gasteiger partial charge in [0.05, 0.1) is 0 Å². The maximum Gasteiger partial charge on any atom is 0.458 e. The zero-order valence-electron chi connectivity index (χ0n) is 7.89. The van der Waals surface area contributed by atoms with Gasteiger partial charge in [0.15, 0.2) is 5.72 Å². The van der Waals surface area contributed by atoms with E-state index in [4.69, 9.17) is 9.94 Å². The molecule has 0 radical (unpaired) electrons. The summed E-state index contributed by atoms with van der Waals surface area (Å²) in [6.45, 7) is 1.70. The maximum absolute atomic E-state index is 10.5. The third kappa shape index (κ3) is 1.67. The van der Waals surface area contributed by atoms with E-state index in [1.807, 2.05) is 7.05 Å². The summed E-state index contributed by atoms with van der Waals surface area (Å²) in [4.78, 5) is 22.5. The van der Waals surface area contributed by atoms with E-state index in [-0.39, 0.29) is 0 Å². The minimum Gasteiger partial charge on any atom is -0.462 e. The molecule has 2 fully saturated rings. The van der Waals surface area contributed by atoms with E-state index in [0.29, 0.717) is 18.1 Å². The number of nitrogens with zero attached hydrogens (tertiary/aromatic N) is 2. The third-order valence-electron chi connectivity index (χ3n) is 2.52. The van der Waals surface area contributed by atoms with Crippen molar-refractivity contribution in [1.29, 1.82) is 0 Å². The van der Waals surface area contributed by atoms with Crippen LogP contribution in [0.4, 0.5) is 4.79 Å². The van der Waals surface area contributed by atoms with Crippen molar-refractivity contribution < 1.29 is 19.7 Å². The Morgan fingerprint density at radius 1 is 1.50 bits per heavy atom. The first-order chi connectivity index (χ1) is 6.61. The van der Waals surface area contributed by atoms with Gasteiger partial charge in [0, 0.05) is 25.9 Å². The summed E-state index contributed by atoms with van der Waals surface area (Å²) in [5.41, 5.74) is 1.96. The second-order valence-electron chi connectivity index (χ2n) is 3.62. The monoisotopic (exact) mass is 203 g/mol. The van der Waals surface area contributed by atoms with Crippen molar-refractivity contribution in [3.05, 3.63) is 0 Å². The van der Waals surface area contributed by atoms with Crippen molar-refractivity contribution in [2.75, 3.05) is 20.1 Å². The Hall–Kier alpha value is -0.890. The normalized spacial score (nSPS) is 27.1. The van der Waals surface area contributed by atoms with Crippen LogP contribution in [0, 0.1) is 0 Å². The Kier molecular flexibility index (Phi) is 2.31. The number of rotatable bonds is 0. The van der Waals surface area contributed by atoms with Gasteiger partial charge < -0.3 is 10.0 Å². The fraction of sp³-hybridized carbons (Fsp3) is 0.857. The van der Waals surface area contributed by atoms with E-state index >= 15 is 0 Å². The van der Waals surface area contributed by atoms with Gasteiger partial charge in [0.1, 0.15) is 0 Å². The molecule has 1 spiro atoms. The number of hydroxylamine groups is 3. The van der Waals surface area contributed by atoms with E-state index in [0.717, 1.165) is 13.1 Å². The fourth-order valence-electron chi connectivity index (χ4n) is 1.57. The molecule has 0 aliphatic carbocycles. The van der Waals surface area contributed by atoms with Crippen LogP contribution in [0.2, 0.25) is 0 Å². The largest absolute Gasteiger partial charge is 0.462 e. The lowest BCUT2D eigenvalue weighted by molar-refractivity contribution is -0.294. The molecule has 7 nitrogen and oxygen atoms in total. The van der Waals surface area contributed by atoms with Crippen LogP contribution in [-0.4, -0.2) is 47.2 Å². The molecule has 0 unspecified atom stereocenters. The molecule has 0 aromatic heterocycles. The number of likely N-dealkylation sites (tertiary alicyclic amines) is 1. The first-order valence-electron chi connectivity index (χ1n) is 4.46. The molecule has 2 aliphatic rings. The highest BCUT2D eigenvalue weighted by Gasteiger charge is 2.45. The second kappa shape index (κ2) is 3.35. The lowest BCUT2D eigenvalue weighted by Gasteiger charge is -2.33. The van der Waals surface area contributed by atoms with Crippen molar-refractivity contribution in [1.82, 2.24) is 15.6 Å². The number of hydrogen-bond acceptors (Lipinski definition) is 5. The van der Waals surface area contributed by atoms with Crippen molar-refractivity contribution >= 4 is 6.09 Å². The number of nitrogens with one attached hydrogen (secondary N) is 1. The molecule has 0 atom stereocenters. The molecule has 7 heteroatoms. The highest BCUT2D eigenvalue weighted by molar-refractivity contribution is 5.62. The number of carbonyl (C=O) groups is 1. The lowest BCUT2D eigenvalue weighted by Crippen LogP contribution is -2.50. The summed E-state index contributed by atoms with van der Waals surface area (Å²) < 4.78 is 0. The van der Waals surface area contributed by atoms with Crippen molar-refractivity contribution in [2.24, 2.45) is 0 Å². The highest BCUT2D eigenvalue weighted by atomic mass is 17.1. The maximum atomic E-state index is 10.5. The van der Waals surface area contributed by atoms with Gasteiger partial charge in [0.2, 0.25) is 0 Å². The van der Waals surface area contributed by atoms with Gasteiger partial charge in [-0.2, -0.15) is 0 Å². The molecular weight excluding hydrogens is 190 g/mol. The van der Waals surface area contributed by atoms with E-state index in [1.54, 1.807) is 0 Å². The van der Waals surface area contributed by atoms with Crippen molar-refractivity contribution in [3.8, 4) is 0 Å². The predicted octanol–water partition coefficient (Wildman–Crippen LogP) is -0.230. The first-order valence-corrected chi connectivity index (χ1v) is 4.46. The van der Waals surface area contributed by atoms with Crippen LogP contribution in [0.1, 0.15) is 12.8 Å². The topological polar surface area (TPSA) is 74.3 Å². The molecule has 2 heterocycles. The third-order valence-corrected chi connectivity index (χ3v) is 2.52. The van der Waals surface area contributed by atoms with Gasteiger partial charge in [-0.25, -0.2) is 9.63 Å². The summed E-state index contributed by atoms with van der Waals surface area (Å²) in [6.07, 6.45) is 0.147. The SMILES string of the molecule is CN1CCC2(CC1)NON(C(=O)O)O2. The van der Waals surface area contributed by atoms with E-state index in [1.165, 1.54) is 0 Å². The molecule has 2 rings (SSSR count). The average Bonchev–Trinajstić information content (AvgIpc) is 2.56. The van der Waals surface area contributed by atoms with E-state index in [9.17, 15) is 4.79 Å². The fourth-order valence-corrected chi connectivity index (χ4v) is 1.57. The van der Waals surface area contributed by atoms with Crippen molar-refractivity contribution in [3.63, 3.8) is 0 Å². The van der Waals surface area contributed by atoms with E-state index in [2.05, 4.69) is 15.3 Å². The molecule has 1 amide bonds. The van der Waals surface area contributed by atoms with Crippen LogP contribution in [0.15, 0.2) is 0 Å². The molecule has 0 aromatic carbocycles. The number of amides is 1. The Morgan fingerprint density at radius 3 is 2.64 bits per heavy atom. The Labute approximate surface area is 81.0 Å². The van der Waals surface area contributed by atoms with Crippen LogP contribution >= 0.6 is 0 Å². The van der Waals surface area contributed by atoms with Gasteiger partial charge in [-0.05, 0) is 12.3 Å². The van der Waals surface area contributed by atoms with Crippen LogP contribution in [0.5, 0.6) is 0 Å². The molecule has 14 heavy (non-hydrogen) atoms. The van der Waals surface area contributed by atoms with Gasteiger partial charge in [0.25, 0.3) is 0 Å². The van der Waals surface area contributed by atoms with Crippen molar-refractivity contribution in [2.45, 2.75) is 18.6 Å². The quantitative estimate of drug-likeness (QED) is 0.566. The zero-order chi connectivity index (χ0) is 10.2. The predicted molar refractivity (Wildman–Crippen MR) is 44.6 cm³/mol. The standard InChI is InChI=1S/C7H13N3O4/c1-9-4-2-7(3-5-9)8-14-10(13-7)6(11)12/h8H,2-5H2,1H3,(H,11,12). The molecule has 2 saturated heterocycles. The van der Waals surface area contributed by atoms with Crippen LogP contribution in [0.25, 0.3) is 0 Å². The zero-order valence-corrected chi connectivity index (χ0v) is 7.89. The Morgan fingerprint density at radius 2 is 2.14 bits per heavy atom. The van der Waals surface area contributed by atoms with Crippen LogP contribution < -0.4 is 5.48 Å². The molecule has 0 saturated carbocycles. The molecule has 2 N–H and O–H groups in total. The summed E-state index contributed by atoms with van der Waals surface area (Å²) in [6, 6.07) is 0. The minimum absolute atomic E-state index is 0.464. The molecular formula is C7H13N3O4. The minimum atomic E-state index is -1.26. The van der Waals surface area contributed by atoms with Gasteiger partial charge in [-0.3, -0.25) is 0 Å². The van der Waals surface area contributed by atoms with Gasteiger partial charge in [-0.15, -0.1) is 10.4 Å². The van der Waals surface area contributed by atoms with Crippen LogP contribution in [-0.2, 0) is 9.78 Å².